The van der Waals surface area contributed by atoms with Gasteiger partial charge in [-0.25, -0.2) is 0 Å². The molecule has 2 N–H and O–H groups in total. The Morgan fingerprint density at radius 3 is 2.42 bits per heavy atom. The summed E-state index contributed by atoms with van der Waals surface area (Å²) < 4.78 is 6.13. The molecule has 5 aliphatic rings. The number of primary amides is 1. The van der Waals surface area contributed by atoms with E-state index in [1.54, 1.807) is 35.2 Å². The van der Waals surface area contributed by atoms with Crippen molar-refractivity contribution in [3.8, 4) is 11.8 Å². The van der Waals surface area contributed by atoms with Crippen molar-refractivity contribution in [1.29, 1.82) is 5.26 Å². The van der Waals surface area contributed by atoms with Gasteiger partial charge in [0.1, 0.15) is 17.9 Å². The topological polar surface area (TPSA) is 166 Å². The van der Waals surface area contributed by atoms with Crippen LogP contribution in [0.2, 0.25) is 5.02 Å². The molecule has 0 bridgehead atoms. The fourth-order valence-electron chi connectivity index (χ4n) is 8.76. The Morgan fingerprint density at radius 2 is 1.73 bits per heavy atom. The van der Waals surface area contributed by atoms with E-state index in [4.69, 9.17) is 27.3 Å². The Bertz CT molecular complexity index is 2080. The zero-order valence-electron chi connectivity index (χ0n) is 30.5. The smallest absolute Gasteiger partial charge is 0.269 e. The summed E-state index contributed by atoms with van der Waals surface area (Å²) in [6.45, 7) is 5.02. The van der Waals surface area contributed by atoms with Crippen LogP contribution in [-0.2, 0) is 16.1 Å². The van der Waals surface area contributed by atoms with Crippen molar-refractivity contribution in [1.82, 2.24) is 24.9 Å². The van der Waals surface area contributed by atoms with Gasteiger partial charge in [-0.3, -0.25) is 29.0 Å². The van der Waals surface area contributed by atoms with Gasteiger partial charge in [0.15, 0.2) is 11.5 Å². The van der Waals surface area contributed by atoms with E-state index in [1.165, 1.54) is 10.5 Å². The predicted octanol–water partition coefficient (Wildman–Crippen LogP) is 4.58. The zero-order chi connectivity index (χ0) is 38.2. The Morgan fingerprint density at radius 1 is 0.945 bits per heavy atom. The maximum Gasteiger partial charge on any atom is 0.269 e. The number of amides is 4. The van der Waals surface area contributed by atoms with E-state index in [1.807, 2.05) is 18.2 Å². The number of likely N-dealkylation sites (tertiary alicyclic amines) is 2. The van der Waals surface area contributed by atoms with Crippen LogP contribution in [-0.4, -0.2) is 99.4 Å². The summed E-state index contributed by atoms with van der Waals surface area (Å²) in [7, 11) is 0. The number of nitrogens with zero attached hydrogens (tertiary/aromatic N) is 7. The van der Waals surface area contributed by atoms with Gasteiger partial charge in [0, 0.05) is 63.4 Å². The van der Waals surface area contributed by atoms with Crippen LogP contribution < -0.4 is 15.4 Å². The normalized spacial score (nSPS) is 23.3. The number of nitriles is 1. The van der Waals surface area contributed by atoms with Crippen LogP contribution in [0.3, 0.4) is 0 Å². The van der Waals surface area contributed by atoms with Crippen molar-refractivity contribution in [2.24, 2.45) is 11.7 Å². The Labute approximate surface area is 324 Å². The minimum absolute atomic E-state index is 0.0878. The zero-order valence-corrected chi connectivity index (χ0v) is 31.3. The first kappa shape index (κ1) is 36.6. The molecule has 8 rings (SSSR count). The van der Waals surface area contributed by atoms with E-state index in [-0.39, 0.29) is 42.0 Å². The van der Waals surface area contributed by atoms with E-state index < -0.39 is 11.9 Å². The van der Waals surface area contributed by atoms with Crippen molar-refractivity contribution in [2.45, 2.75) is 76.1 Å². The van der Waals surface area contributed by atoms with E-state index in [2.05, 4.69) is 32.1 Å². The molecule has 4 aliphatic heterocycles. The van der Waals surface area contributed by atoms with Crippen LogP contribution in [0.25, 0.3) is 6.08 Å². The molecule has 284 valence electrons. The highest BCUT2D eigenvalue weighted by atomic mass is 35.5. The molecule has 1 aliphatic carbocycles. The monoisotopic (exact) mass is 762 g/mol. The summed E-state index contributed by atoms with van der Waals surface area (Å²) in [6, 6.07) is 15.5. The van der Waals surface area contributed by atoms with Crippen LogP contribution >= 0.6 is 11.6 Å². The van der Waals surface area contributed by atoms with Crippen LogP contribution in [0.5, 0.6) is 5.75 Å². The summed E-state index contributed by atoms with van der Waals surface area (Å²) in [5.41, 5.74) is 9.77. The van der Waals surface area contributed by atoms with E-state index in [0.29, 0.717) is 66.5 Å². The molecule has 0 spiro atoms. The largest absolute Gasteiger partial charge is 0.490 e. The molecule has 55 heavy (non-hydrogen) atoms. The first-order valence-electron chi connectivity index (χ1n) is 19.1. The molecule has 14 heteroatoms. The number of piperidine rings is 2. The third-order valence-electron chi connectivity index (χ3n) is 11.7. The number of aromatic nitrogens is 2. The van der Waals surface area contributed by atoms with Crippen molar-refractivity contribution in [3.05, 3.63) is 87.1 Å². The van der Waals surface area contributed by atoms with Gasteiger partial charge >= 0.3 is 0 Å². The predicted molar refractivity (Wildman–Crippen MR) is 204 cm³/mol. The van der Waals surface area contributed by atoms with Gasteiger partial charge in [0.2, 0.25) is 5.91 Å². The molecule has 2 aromatic carbocycles. The molecule has 1 aromatic heterocycles. The van der Waals surface area contributed by atoms with Gasteiger partial charge < -0.3 is 20.3 Å². The molecular weight excluding hydrogens is 720 g/mol. The second-order valence-electron chi connectivity index (χ2n) is 15.4. The van der Waals surface area contributed by atoms with Crippen molar-refractivity contribution < 1.29 is 23.9 Å². The van der Waals surface area contributed by atoms with Gasteiger partial charge in [-0.15, -0.1) is 10.2 Å². The Kier molecular flexibility index (Phi) is 10.3. The van der Waals surface area contributed by atoms with Gasteiger partial charge in [0.05, 0.1) is 16.7 Å². The standard InChI is InChI=1S/C41H43ClN8O5/c42-34-19-32(5-2-28(34)20-43)55-31-6-3-30(4-7-31)50-38(51)12-10-36(41(50)54)49-24-29-18-26(1-8-33(29)40(49)53)17-27-22-47(23-27)21-25-13-15-48(16-14-25)37-11-9-35(39(44)52)45-46-37/h1-2,5,8-9,11,17-19,25,30-31,36H,3-4,6-7,10,12-16,21-24H2,(H2,44,52). The summed E-state index contributed by atoms with van der Waals surface area (Å²) in [5, 5.41) is 17.6. The first-order valence-corrected chi connectivity index (χ1v) is 19.5. The summed E-state index contributed by atoms with van der Waals surface area (Å²) in [6.07, 6.45) is 7.37. The third-order valence-corrected chi connectivity index (χ3v) is 12.0. The van der Waals surface area contributed by atoms with Crippen LogP contribution in [0.4, 0.5) is 5.82 Å². The highest BCUT2D eigenvalue weighted by Gasteiger charge is 2.45. The van der Waals surface area contributed by atoms with Crippen LogP contribution in [0.1, 0.15) is 88.9 Å². The van der Waals surface area contributed by atoms with Crippen molar-refractivity contribution >= 4 is 47.1 Å². The number of ether oxygens (including phenoxy) is 1. The highest BCUT2D eigenvalue weighted by Crippen LogP contribution is 2.35. The molecule has 1 atom stereocenters. The molecule has 3 saturated heterocycles. The number of nitrogens with two attached hydrogens (primary N) is 1. The number of halogens is 1. The van der Waals surface area contributed by atoms with Gasteiger partial charge in [0.25, 0.3) is 17.7 Å². The van der Waals surface area contributed by atoms with Crippen LogP contribution in [0.15, 0.2) is 54.1 Å². The summed E-state index contributed by atoms with van der Waals surface area (Å²) in [4.78, 5) is 59.8. The number of imide groups is 1. The maximum atomic E-state index is 13.9. The SMILES string of the molecule is N#Cc1ccc(OC2CCC(N3C(=O)CCC(N4Cc5cc(C=C6CN(CC7CCN(c8ccc(C(N)=O)nn8)CC7)C6)ccc5C4=O)C3=O)CC2)cc1Cl. The van der Waals surface area contributed by atoms with Gasteiger partial charge in [-0.1, -0.05) is 23.7 Å². The maximum absolute atomic E-state index is 13.9. The molecule has 3 aromatic rings. The Balaban J connectivity index is 0.819. The van der Waals surface area contributed by atoms with Crippen LogP contribution in [0, 0.1) is 17.2 Å². The minimum Gasteiger partial charge on any atom is -0.490 e. The van der Waals surface area contributed by atoms with E-state index in [9.17, 15) is 19.2 Å². The summed E-state index contributed by atoms with van der Waals surface area (Å²) in [5.74, 6) is 0.772. The fourth-order valence-corrected chi connectivity index (χ4v) is 8.97. The second-order valence-corrected chi connectivity index (χ2v) is 15.8. The summed E-state index contributed by atoms with van der Waals surface area (Å²) >= 11 is 6.18. The average Bonchev–Trinajstić information content (AvgIpc) is 3.49. The highest BCUT2D eigenvalue weighted by molar-refractivity contribution is 6.31. The van der Waals surface area contributed by atoms with Gasteiger partial charge in [-0.05, 0) is 104 Å². The molecule has 4 fully saturated rings. The number of fused-ring (bicyclic) bond motifs is 1. The first-order chi connectivity index (χ1) is 26.6. The number of carbonyl (C=O) groups is 4. The molecule has 0 radical (unpaired) electrons. The molecule has 1 saturated carbocycles. The number of benzene rings is 2. The van der Waals surface area contributed by atoms with Gasteiger partial charge in [-0.2, -0.15) is 5.26 Å². The second kappa shape index (κ2) is 15.4. The number of rotatable bonds is 9. The molecule has 1 unspecified atom stereocenters. The lowest BCUT2D eigenvalue weighted by atomic mass is 9.89. The lowest BCUT2D eigenvalue weighted by Gasteiger charge is -2.41. The number of hydrogen-bond donors (Lipinski definition) is 1. The lowest BCUT2D eigenvalue weighted by molar-refractivity contribution is -0.156. The molecule has 5 heterocycles. The number of carbonyl (C=O) groups excluding carboxylic acids is 4. The van der Waals surface area contributed by atoms with E-state index >= 15 is 0 Å². The van der Waals surface area contributed by atoms with Crippen molar-refractivity contribution in [2.75, 3.05) is 37.6 Å². The molecule has 13 nitrogen and oxygen atoms in total. The molecular formula is C41H43ClN8O5. The fraction of sp³-hybridized carbons (Fsp3) is 0.439. The third kappa shape index (κ3) is 7.66. The minimum atomic E-state index is -0.670. The lowest BCUT2D eigenvalue weighted by Crippen LogP contribution is -2.58. The van der Waals surface area contributed by atoms with E-state index in [0.717, 1.165) is 62.5 Å². The quantitative estimate of drug-likeness (QED) is 0.305. The average molecular weight is 763 g/mol. The Hall–Kier alpha value is -5.32. The number of anilines is 1. The number of hydrogen-bond acceptors (Lipinski definition) is 10. The molecule has 4 amide bonds. The van der Waals surface area contributed by atoms with Crippen molar-refractivity contribution in [3.63, 3.8) is 0 Å².